The van der Waals surface area contributed by atoms with E-state index in [1.807, 2.05) is 54.6 Å². The van der Waals surface area contributed by atoms with Crippen molar-refractivity contribution >= 4 is 34.0 Å². The van der Waals surface area contributed by atoms with Gasteiger partial charge in [0.1, 0.15) is 5.69 Å². The zero-order valence-electron chi connectivity index (χ0n) is 10.5. The van der Waals surface area contributed by atoms with Gasteiger partial charge in [-0.3, -0.25) is 0 Å². The van der Waals surface area contributed by atoms with Gasteiger partial charge in [-0.05, 0) is 36.5 Å². The van der Waals surface area contributed by atoms with E-state index in [0.717, 1.165) is 27.5 Å². The van der Waals surface area contributed by atoms with Gasteiger partial charge in [-0.1, -0.05) is 30.3 Å². The maximum Gasteiger partial charge on any atom is 0.244 e. The number of hydrogen-bond donors (Lipinski definition) is 1. The molecule has 0 radical (unpaired) electrons. The molecule has 96 valence electrons. The summed E-state index contributed by atoms with van der Waals surface area (Å²) < 4.78 is 6.14. The second-order valence-corrected chi connectivity index (χ2v) is 4.96. The zero-order chi connectivity index (χ0) is 13.5. The molecular formula is C16H10N2OS. The van der Waals surface area contributed by atoms with Crippen molar-refractivity contribution in [2.24, 2.45) is 0 Å². The van der Waals surface area contributed by atoms with E-state index in [1.54, 1.807) is 0 Å². The van der Waals surface area contributed by atoms with Crippen molar-refractivity contribution in [3.8, 4) is 11.6 Å². The molecular weight excluding hydrogens is 268 g/mol. The molecule has 0 saturated heterocycles. The summed E-state index contributed by atoms with van der Waals surface area (Å²) >= 11 is 5.30. The molecule has 3 nitrogen and oxygen atoms in total. The lowest BCUT2D eigenvalue weighted by molar-refractivity contribution is 0.538. The molecule has 0 unspecified atom stereocenters. The zero-order valence-corrected chi connectivity index (χ0v) is 11.3. The second kappa shape index (κ2) is 4.28. The fourth-order valence-corrected chi connectivity index (χ4v) is 2.57. The molecule has 4 rings (SSSR count). The van der Waals surface area contributed by atoms with Crippen LogP contribution >= 0.6 is 12.2 Å². The van der Waals surface area contributed by atoms with E-state index in [4.69, 9.17) is 16.6 Å². The van der Waals surface area contributed by atoms with Gasteiger partial charge in [-0.25, -0.2) is 4.98 Å². The molecule has 0 aliphatic heterocycles. The van der Waals surface area contributed by atoms with Crippen LogP contribution in [0.2, 0.25) is 0 Å². The van der Waals surface area contributed by atoms with Crippen LogP contribution in [0.5, 0.6) is 0 Å². The average molecular weight is 278 g/mol. The Balaban J connectivity index is 1.99. The Hall–Kier alpha value is -2.46. The summed E-state index contributed by atoms with van der Waals surface area (Å²) in [7, 11) is 0. The third-order valence-electron chi connectivity index (χ3n) is 3.30. The minimum atomic E-state index is 0.462. The van der Waals surface area contributed by atoms with Crippen LogP contribution in [-0.4, -0.2) is 9.97 Å². The first kappa shape index (κ1) is 11.4. The number of fused-ring (bicyclic) bond motifs is 2. The summed E-state index contributed by atoms with van der Waals surface area (Å²) in [5.74, 6) is 0.518. The molecule has 4 heteroatoms. The average Bonchev–Trinajstić information content (AvgIpc) is 2.91. The van der Waals surface area contributed by atoms with Gasteiger partial charge in [0.15, 0.2) is 0 Å². The van der Waals surface area contributed by atoms with Crippen LogP contribution in [-0.2, 0) is 0 Å². The minimum Gasteiger partial charge on any atom is -0.425 e. The van der Waals surface area contributed by atoms with Crippen LogP contribution in [0, 0.1) is 4.71 Å². The van der Waals surface area contributed by atoms with Gasteiger partial charge in [0.05, 0.1) is 10.9 Å². The van der Waals surface area contributed by atoms with E-state index in [1.165, 1.54) is 0 Å². The van der Waals surface area contributed by atoms with Gasteiger partial charge in [0.2, 0.25) is 10.6 Å². The molecule has 1 N–H and O–H groups in total. The molecule has 0 atom stereocenters. The molecule has 0 amide bonds. The van der Waals surface area contributed by atoms with Crippen molar-refractivity contribution in [3.05, 3.63) is 59.3 Å². The van der Waals surface area contributed by atoms with E-state index in [0.29, 0.717) is 10.6 Å². The van der Waals surface area contributed by atoms with Gasteiger partial charge in [-0.15, -0.1) is 0 Å². The molecule has 0 fully saturated rings. The first-order valence-electron chi connectivity index (χ1n) is 6.29. The molecule has 2 heterocycles. The van der Waals surface area contributed by atoms with Crippen molar-refractivity contribution in [1.82, 2.24) is 9.97 Å². The molecule has 0 spiro atoms. The highest BCUT2D eigenvalue weighted by Crippen LogP contribution is 2.25. The smallest absolute Gasteiger partial charge is 0.244 e. The predicted octanol–water partition coefficient (Wildman–Crippen LogP) is 4.71. The van der Waals surface area contributed by atoms with E-state index in [-0.39, 0.29) is 0 Å². The number of H-pyrrole nitrogens is 1. The Morgan fingerprint density at radius 1 is 1.00 bits per heavy atom. The maximum absolute atomic E-state index is 5.68. The first-order valence-corrected chi connectivity index (χ1v) is 6.70. The molecule has 0 aliphatic rings. The Morgan fingerprint density at radius 3 is 2.70 bits per heavy atom. The van der Waals surface area contributed by atoms with E-state index in [9.17, 15) is 0 Å². The lowest BCUT2D eigenvalue weighted by Crippen LogP contribution is -1.86. The Kier molecular flexibility index (Phi) is 2.44. The van der Waals surface area contributed by atoms with Crippen LogP contribution in [0.1, 0.15) is 0 Å². The third-order valence-corrected chi connectivity index (χ3v) is 3.60. The lowest BCUT2D eigenvalue weighted by Gasteiger charge is -2.00. The topological polar surface area (TPSA) is 41.8 Å². The normalized spacial score (nSPS) is 11.2. The molecule has 0 saturated carbocycles. The van der Waals surface area contributed by atoms with Gasteiger partial charge in [-0.2, -0.15) is 0 Å². The van der Waals surface area contributed by atoms with Crippen molar-refractivity contribution in [2.45, 2.75) is 0 Å². The van der Waals surface area contributed by atoms with Crippen LogP contribution in [0.4, 0.5) is 0 Å². The van der Waals surface area contributed by atoms with Gasteiger partial charge in [0.25, 0.3) is 0 Å². The first-order chi connectivity index (χ1) is 9.81. The summed E-state index contributed by atoms with van der Waals surface area (Å²) in [6.07, 6.45) is 0. The number of aromatic nitrogens is 2. The third kappa shape index (κ3) is 1.73. The Morgan fingerprint density at radius 2 is 1.80 bits per heavy atom. The SMILES string of the molecule is S=c1oc(-c2cc3ccccc3[nH]2)nc2ccccc12. The number of rotatable bonds is 1. The van der Waals surface area contributed by atoms with Crippen LogP contribution in [0.3, 0.4) is 0 Å². The molecule has 2 aromatic heterocycles. The molecule has 0 bridgehead atoms. The van der Waals surface area contributed by atoms with Crippen molar-refractivity contribution in [1.29, 1.82) is 0 Å². The van der Waals surface area contributed by atoms with E-state index in [2.05, 4.69) is 9.97 Å². The minimum absolute atomic E-state index is 0.462. The maximum atomic E-state index is 5.68. The summed E-state index contributed by atoms with van der Waals surface area (Å²) in [5.41, 5.74) is 2.74. The summed E-state index contributed by atoms with van der Waals surface area (Å²) in [6.45, 7) is 0. The Labute approximate surface area is 119 Å². The molecule has 20 heavy (non-hydrogen) atoms. The monoisotopic (exact) mass is 278 g/mol. The second-order valence-electron chi connectivity index (χ2n) is 4.59. The number of para-hydroxylation sites is 2. The molecule has 2 aromatic carbocycles. The van der Waals surface area contributed by atoms with E-state index >= 15 is 0 Å². The standard InChI is InChI=1S/C16H10N2OS/c20-16-11-6-2-4-8-13(11)18-15(19-16)14-9-10-5-1-3-7-12(10)17-14/h1-9,17H. The molecule has 4 aromatic rings. The number of benzene rings is 2. The van der Waals surface area contributed by atoms with Crippen molar-refractivity contribution in [3.63, 3.8) is 0 Å². The lowest BCUT2D eigenvalue weighted by atomic mass is 10.2. The number of hydrogen-bond acceptors (Lipinski definition) is 3. The van der Waals surface area contributed by atoms with E-state index < -0.39 is 0 Å². The van der Waals surface area contributed by atoms with Crippen LogP contribution < -0.4 is 0 Å². The van der Waals surface area contributed by atoms with Crippen molar-refractivity contribution in [2.75, 3.05) is 0 Å². The predicted molar refractivity (Wildman–Crippen MR) is 82.1 cm³/mol. The van der Waals surface area contributed by atoms with Crippen molar-refractivity contribution < 1.29 is 4.42 Å². The molecule has 0 aliphatic carbocycles. The van der Waals surface area contributed by atoms with Gasteiger partial charge in [0, 0.05) is 10.9 Å². The Bertz CT molecular complexity index is 951. The highest BCUT2D eigenvalue weighted by Gasteiger charge is 2.09. The largest absolute Gasteiger partial charge is 0.425 e. The quantitative estimate of drug-likeness (QED) is 0.513. The van der Waals surface area contributed by atoms with Gasteiger partial charge < -0.3 is 9.40 Å². The van der Waals surface area contributed by atoms with Crippen LogP contribution in [0.15, 0.2) is 59.0 Å². The number of aromatic amines is 1. The fourth-order valence-electron chi connectivity index (χ4n) is 2.32. The highest BCUT2D eigenvalue weighted by molar-refractivity contribution is 7.71. The summed E-state index contributed by atoms with van der Waals surface area (Å²) in [6, 6.07) is 17.8. The number of nitrogens with one attached hydrogen (secondary N) is 1. The van der Waals surface area contributed by atoms with Gasteiger partial charge >= 0.3 is 0 Å². The van der Waals surface area contributed by atoms with Crippen LogP contribution in [0.25, 0.3) is 33.4 Å². The fraction of sp³-hybridized carbons (Fsp3) is 0. The summed E-state index contributed by atoms with van der Waals surface area (Å²) in [4.78, 5) is 7.84. The number of nitrogens with zero attached hydrogens (tertiary/aromatic N) is 1. The highest BCUT2D eigenvalue weighted by atomic mass is 32.1. The summed E-state index contributed by atoms with van der Waals surface area (Å²) in [5, 5.41) is 1.99.